The molecule has 0 aliphatic carbocycles. The number of hydrogen-bond acceptors (Lipinski definition) is 2. The van der Waals surface area contributed by atoms with E-state index in [0.29, 0.717) is 0 Å². The number of carbonyl (C=O) groups excluding carboxylic acids is 1. The van der Waals surface area contributed by atoms with E-state index in [0.717, 1.165) is 44.0 Å². The monoisotopic (exact) mass is 337 g/mol. The van der Waals surface area contributed by atoms with Crippen molar-refractivity contribution in [3.8, 4) is 5.75 Å². The van der Waals surface area contributed by atoms with Crippen LogP contribution in [0, 0.1) is 0 Å². The van der Waals surface area contributed by atoms with Gasteiger partial charge in [-0.3, -0.25) is 4.79 Å². The van der Waals surface area contributed by atoms with Gasteiger partial charge >= 0.3 is 0 Å². The molecule has 4 heteroatoms. The van der Waals surface area contributed by atoms with Crippen LogP contribution in [0.4, 0.5) is 0 Å². The number of carbonyl (C=O) groups is 1. The second kappa shape index (κ2) is 8.49. The number of ether oxygens (including phenoxy) is 1. The van der Waals surface area contributed by atoms with E-state index in [1.165, 1.54) is 10.5 Å². The van der Waals surface area contributed by atoms with E-state index >= 15 is 0 Å². The number of nitrogens with zero attached hydrogens (tertiary/aromatic N) is 1. The van der Waals surface area contributed by atoms with Gasteiger partial charge in [0.2, 0.25) is 5.91 Å². The minimum absolute atomic E-state index is 0.0922. The van der Waals surface area contributed by atoms with Gasteiger partial charge in [-0.25, -0.2) is 0 Å². The molecule has 0 aromatic heterocycles. The molecule has 3 rings (SSSR count). The van der Waals surface area contributed by atoms with Crippen LogP contribution in [-0.4, -0.2) is 44.1 Å². The zero-order valence-corrected chi connectivity index (χ0v) is 14.7. The van der Waals surface area contributed by atoms with Crippen molar-refractivity contribution in [1.82, 2.24) is 4.90 Å². The number of nitrogens with one attached hydrogen (secondary N) is 1. The summed E-state index contributed by atoms with van der Waals surface area (Å²) < 4.78 is 5.14. The van der Waals surface area contributed by atoms with Crippen molar-refractivity contribution in [2.45, 2.75) is 6.54 Å². The molecule has 0 bridgehead atoms. The molecule has 1 heterocycles. The Kier molecular flexibility index (Phi) is 5.86. The van der Waals surface area contributed by atoms with E-state index in [1.807, 2.05) is 41.3 Å². The fraction of sp³-hybridized carbons (Fsp3) is 0.286. The van der Waals surface area contributed by atoms with Gasteiger partial charge in [0.05, 0.1) is 33.3 Å². The van der Waals surface area contributed by atoms with Gasteiger partial charge in [0.25, 0.3) is 0 Å². The highest BCUT2D eigenvalue weighted by molar-refractivity contribution is 5.91. The molecule has 1 aliphatic rings. The van der Waals surface area contributed by atoms with Crippen LogP contribution in [0.3, 0.4) is 0 Å². The summed E-state index contributed by atoms with van der Waals surface area (Å²) in [5, 5.41) is 0. The normalized spacial score (nSPS) is 15.5. The fourth-order valence-corrected chi connectivity index (χ4v) is 3.09. The lowest BCUT2D eigenvalue weighted by molar-refractivity contribution is -0.917. The first-order valence-electron chi connectivity index (χ1n) is 8.73. The van der Waals surface area contributed by atoms with Gasteiger partial charge in [0.15, 0.2) is 0 Å². The summed E-state index contributed by atoms with van der Waals surface area (Å²) >= 11 is 0. The Morgan fingerprint density at radius 1 is 1.08 bits per heavy atom. The van der Waals surface area contributed by atoms with E-state index in [-0.39, 0.29) is 5.91 Å². The smallest absolute Gasteiger partial charge is 0.246 e. The predicted molar refractivity (Wildman–Crippen MR) is 99.5 cm³/mol. The molecule has 1 N–H and O–H groups in total. The third kappa shape index (κ3) is 4.94. The number of benzene rings is 2. The second-order valence-electron chi connectivity index (χ2n) is 6.34. The van der Waals surface area contributed by atoms with Crippen LogP contribution >= 0.6 is 0 Å². The summed E-state index contributed by atoms with van der Waals surface area (Å²) in [4.78, 5) is 15.8. The number of quaternary nitrogens is 1. The van der Waals surface area contributed by atoms with Crippen LogP contribution in [0.25, 0.3) is 6.08 Å². The number of hydrogen-bond donors (Lipinski definition) is 1. The van der Waals surface area contributed by atoms with E-state index in [9.17, 15) is 4.79 Å². The van der Waals surface area contributed by atoms with Crippen molar-refractivity contribution in [2.75, 3.05) is 33.3 Å². The van der Waals surface area contributed by atoms with Crippen LogP contribution in [0.15, 0.2) is 60.7 Å². The highest BCUT2D eigenvalue weighted by Crippen LogP contribution is 2.12. The van der Waals surface area contributed by atoms with E-state index in [2.05, 4.69) is 24.3 Å². The SMILES string of the molecule is COc1ccc(/C=C/C(=O)N2CC[NH+](Cc3ccccc3)CC2)cc1. The molecule has 1 amide bonds. The number of methoxy groups -OCH3 is 1. The van der Waals surface area contributed by atoms with Gasteiger partial charge in [0.1, 0.15) is 12.3 Å². The molecule has 1 saturated heterocycles. The van der Waals surface area contributed by atoms with E-state index in [1.54, 1.807) is 13.2 Å². The zero-order valence-electron chi connectivity index (χ0n) is 14.7. The van der Waals surface area contributed by atoms with Gasteiger partial charge in [-0.1, -0.05) is 42.5 Å². The highest BCUT2D eigenvalue weighted by Gasteiger charge is 2.22. The first-order chi connectivity index (χ1) is 12.2. The maximum absolute atomic E-state index is 12.4. The molecule has 0 radical (unpaired) electrons. The van der Waals surface area contributed by atoms with E-state index < -0.39 is 0 Å². The molecule has 130 valence electrons. The Morgan fingerprint density at radius 2 is 1.76 bits per heavy atom. The Morgan fingerprint density at radius 3 is 2.40 bits per heavy atom. The second-order valence-corrected chi connectivity index (χ2v) is 6.34. The lowest BCUT2D eigenvalue weighted by Gasteiger charge is -2.31. The summed E-state index contributed by atoms with van der Waals surface area (Å²) in [6.07, 6.45) is 3.54. The maximum Gasteiger partial charge on any atom is 0.246 e. The van der Waals surface area contributed by atoms with Crippen molar-refractivity contribution < 1.29 is 14.4 Å². The average Bonchev–Trinajstić information content (AvgIpc) is 2.68. The Bertz CT molecular complexity index is 702. The summed E-state index contributed by atoms with van der Waals surface area (Å²) in [5.41, 5.74) is 2.36. The molecule has 1 aliphatic heterocycles. The van der Waals surface area contributed by atoms with Crippen LogP contribution in [-0.2, 0) is 11.3 Å². The first kappa shape index (κ1) is 17.2. The third-order valence-corrected chi connectivity index (χ3v) is 4.61. The van der Waals surface area contributed by atoms with Crippen LogP contribution < -0.4 is 9.64 Å². The minimum atomic E-state index is 0.0922. The molecule has 4 nitrogen and oxygen atoms in total. The van der Waals surface area contributed by atoms with E-state index in [4.69, 9.17) is 4.74 Å². The van der Waals surface area contributed by atoms with Crippen molar-refractivity contribution in [3.63, 3.8) is 0 Å². The minimum Gasteiger partial charge on any atom is -0.497 e. The Balaban J connectivity index is 1.48. The van der Waals surface area contributed by atoms with Crippen LogP contribution in [0.1, 0.15) is 11.1 Å². The Hall–Kier alpha value is -2.59. The molecule has 2 aromatic rings. The quantitative estimate of drug-likeness (QED) is 0.842. The van der Waals surface area contributed by atoms with Gasteiger partial charge in [-0.2, -0.15) is 0 Å². The molecule has 25 heavy (non-hydrogen) atoms. The van der Waals surface area contributed by atoms with Crippen molar-refractivity contribution in [1.29, 1.82) is 0 Å². The molecule has 0 atom stereocenters. The van der Waals surface area contributed by atoms with Gasteiger partial charge in [-0.15, -0.1) is 0 Å². The van der Waals surface area contributed by atoms with Crippen molar-refractivity contribution in [2.24, 2.45) is 0 Å². The summed E-state index contributed by atoms with van der Waals surface area (Å²) in [6, 6.07) is 18.2. The summed E-state index contributed by atoms with van der Waals surface area (Å²) in [5.74, 6) is 0.913. The van der Waals surface area contributed by atoms with Gasteiger partial charge in [-0.05, 0) is 23.8 Å². The van der Waals surface area contributed by atoms with Gasteiger partial charge < -0.3 is 14.5 Å². The molecule has 0 saturated carbocycles. The lowest BCUT2D eigenvalue weighted by Crippen LogP contribution is -3.13. The average molecular weight is 337 g/mol. The molecular formula is C21H25N2O2+. The molecule has 2 aromatic carbocycles. The maximum atomic E-state index is 12.4. The summed E-state index contributed by atoms with van der Waals surface area (Å²) in [7, 11) is 1.65. The highest BCUT2D eigenvalue weighted by atomic mass is 16.5. The van der Waals surface area contributed by atoms with Gasteiger partial charge in [0, 0.05) is 11.6 Å². The summed E-state index contributed by atoms with van der Waals surface area (Å²) in [6.45, 7) is 4.65. The van der Waals surface area contributed by atoms with Crippen LogP contribution in [0.5, 0.6) is 5.75 Å². The van der Waals surface area contributed by atoms with Crippen LogP contribution in [0.2, 0.25) is 0 Å². The van der Waals surface area contributed by atoms with Crippen molar-refractivity contribution in [3.05, 3.63) is 71.8 Å². The number of piperazine rings is 1. The fourth-order valence-electron chi connectivity index (χ4n) is 3.09. The Labute approximate surface area is 149 Å². The molecule has 1 fully saturated rings. The standard InChI is InChI=1S/C21H24N2O2/c1-25-20-10-7-18(8-11-20)9-12-21(24)23-15-13-22(14-16-23)17-19-5-3-2-4-6-19/h2-12H,13-17H2,1H3/p+1/b12-9+. The first-order valence-corrected chi connectivity index (χ1v) is 8.73. The zero-order chi connectivity index (χ0) is 17.5. The molecule has 0 unspecified atom stereocenters. The van der Waals surface area contributed by atoms with Crippen molar-refractivity contribution >= 4 is 12.0 Å². The largest absolute Gasteiger partial charge is 0.497 e. The lowest BCUT2D eigenvalue weighted by atomic mass is 10.2. The predicted octanol–water partition coefficient (Wildman–Crippen LogP) is 1.64. The topological polar surface area (TPSA) is 34.0 Å². The third-order valence-electron chi connectivity index (χ3n) is 4.61. The molecular weight excluding hydrogens is 312 g/mol. The number of amides is 1. The molecule has 0 spiro atoms. The number of rotatable bonds is 5.